The molecule has 1 aromatic carbocycles. The van der Waals surface area contributed by atoms with Crippen LogP contribution in [-0.2, 0) is 19.6 Å². The van der Waals surface area contributed by atoms with Crippen LogP contribution in [0.5, 0.6) is 0 Å². The van der Waals surface area contributed by atoms with Crippen LogP contribution in [0.25, 0.3) is 0 Å². The van der Waals surface area contributed by atoms with Crippen LogP contribution < -0.4 is 10.6 Å². The summed E-state index contributed by atoms with van der Waals surface area (Å²) in [6.45, 7) is 5.95. The van der Waals surface area contributed by atoms with Gasteiger partial charge in [-0.1, -0.05) is 17.7 Å². The van der Waals surface area contributed by atoms with E-state index in [-0.39, 0.29) is 23.5 Å². The molecule has 138 valence electrons. The first-order valence-corrected chi connectivity index (χ1v) is 9.83. The number of sulfonamides is 1. The fourth-order valence-corrected chi connectivity index (χ4v) is 4.49. The average Bonchev–Trinajstić information content (AvgIpc) is 3.01. The highest BCUT2D eigenvalue weighted by atomic mass is 32.2. The molecule has 1 aliphatic rings. The molecule has 8 heteroatoms. The fourth-order valence-electron chi connectivity index (χ4n) is 2.79. The summed E-state index contributed by atoms with van der Waals surface area (Å²) in [5.41, 5.74) is 0.986. The van der Waals surface area contributed by atoms with Crippen LogP contribution >= 0.6 is 0 Å². The molecule has 1 aliphatic heterocycles. The number of hydrogen-bond acceptors (Lipinski definition) is 4. The van der Waals surface area contributed by atoms with Crippen molar-refractivity contribution in [3.8, 4) is 0 Å². The van der Waals surface area contributed by atoms with E-state index in [1.807, 2.05) is 6.92 Å². The summed E-state index contributed by atoms with van der Waals surface area (Å²) in [5.74, 6) is -1.45. The lowest BCUT2D eigenvalue weighted by Gasteiger charge is -2.24. The minimum Gasteiger partial charge on any atom is -0.346 e. The molecular weight excluding hydrogens is 342 g/mol. The first-order valence-electron chi connectivity index (χ1n) is 8.39. The number of carbonyl (C=O) groups excluding carboxylic acids is 2. The molecule has 1 fully saturated rings. The van der Waals surface area contributed by atoms with E-state index in [1.54, 1.807) is 38.1 Å². The molecule has 0 unspecified atom stereocenters. The predicted octanol–water partition coefficient (Wildman–Crippen LogP) is 0.789. The van der Waals surface area contributed by atoms with Gasteiger partial charge in [-0.05, 0) is 45.7 Å². The van der Waals surface area contributed by atoms with Crippen LogP contribution in [0.3, 0.4) is 0 Å². The molecule has 0 saturated carbocycles. The van der Waals surface area contributed by atoms with E-state index in [4.69, 9.17) is 0 Å². The molecule has 0 aromatic heterocycles. The molecule has 0 spiro atoms. The van der Waals surface area contributed by atoms with Crippen molar-refractivity contribution >= 4 is 21.8 Å². The maximum Gasteiger partial charge on any atom is 0.309 e. The lowest BCUT2D eigenvalue weighted by Crippen LogP contribution is -2.48. The highest BCUT2D eigenvalue weighted by molar-refractivity contribution is 7.89. The van der Waals surface area contributed by atoms with Gasteiger partial charge in [0.25, 0.3) is 0 Å². The number of carbonyl (C=O) groups is 2. The quantitative estimate of drug-likeness (QED) is 0.752. The smallest absolute Gasteiger partial charge is 0.309 e. The van der Waals surface area contributed by atoms with Gasteiger partial charge in [0.1, 0.15) is 0 Å². The van der Waals surface area contributed by atoms with Crippen LogP contribution in [0.4, 0.5) is 0 Å². The summed E-state index contributed by atoms with van der Waals surface area (Å²) in [7, 11) is -3.61. The molecular formula is C17H25N3O4S. The third kappa shape index (κ3) is 4.79. The van der Waals surface area contributed by atoms with Gasteiger partial charge in [0.15, 0.2) is 0 Å². The van der Waals surface area contributed by atoms with E-state index in [0.29, 0.717) is 13.0 Å². The molecule has 2 rings (SSSR count). The van der Waals surface area contributed by atoms with Crippen molar-refractivity contribution in [2.75, 3.05) is 13.1 Å². The number of rotatable bonds is 5. The molecule has 0 aliphatic carbocycles. The maximum absolute atomic E-state index is 12.8. The van der Waals surface area contributed by atoms with E-state index in [0.717, 1.165) is 12.0 Å². The van der Waals surface area contributed by atoms with E-state index in [1.165, 1.54) is 4.31 Å². The molecule has 2 N–H and O–H groups in total. The molecule has 1 saturated heterocycles. The van der Waals surface area contributed by atoms with Crippen LogP contribution in [0, 0.1) is 6.92 Å². The zero-order valence-electron chi connectivity index (χ0n) is 14.8. The Kier molecular flexibility index (Phi) is 6.18. The third-order valence-corrected chi connectivity index (χ3v) is 6.04. The van der Waals surface area contributed by atoms with Crippen molar-refractivity contribution in [2.45, 2.75) is 50.6 Å². The molecule has 1 atom stereocenters. The Labute approximate surface area is 148 Å². The highest BCUT2D eigenvalue weighted by Crippen LogP contribution is 2.25. The van der Waals surface area contributed by atoms with Crippen molar-refractivity contribution in [1.29, 1.82) is 0 Å². The van der Waals surface area contributed by atoms with Gasteiger partial charge in [0, 0.05) is 25.2 Å². The van der Waals surface area contributed by atoms with Gasteiger partial charge in [-0.15, -0.1) is 0 Å². The summed E-state index contributed by atoms with van der Waals surface area (Å²) in [4.78, 5) is 23.7. The molecule has 1 aromatic rings. The summed E-state index contributed by atoms with van der Waals surface area (Å²) in [6.07, 6.45) is 1.38. The van der Waals surface area contributed by atoms with Gasteiger partial charge in [0.2, 0.25) is 10.0 Å². The maximum atomic E-state index is 12.8. The van der Waals surface area contributed by atoms with Gasteiger partial charge in [-0.3, -0.25) is 9.59 Å². The Morgan fingerprint density at radius 3 is 2.44 bits per heavy atom. The minimum atomic E-state index is -3.61. The van der Waals surface area contributed by atoms with Crippen molar-refractivity contribution in [1.82, 2.24) is 14.9 Å². The van der Waals surface area contributed by atoms with Gasteiger partial charge >= 0.3 is 11.8 Å². The predicted molar refractivity (Wildman–Crippen MR) is 94.4 cm³/mol. The lowest BCUT2D eigenvalue weighted by molar-refractivity contribution is -0.139. The molecule has 1 heterocycles. The Bertz CT molecular complexity index is 729. The van der Waals surface area contributed by atoms with Crippen molar-refractivity contribution in [3.63, 3.8) is 0 Å². The SMILES string of the molecule is Cc1ccc(S(=O)(=O)N2CCC[C@@H]2CNC(=O)C(=O)NC(C)C)cc1. The van der Waals surface area contributed by atoms with Crippen molar-refractivity contribution in [2.24, 2.45) is 0 Å². The summed E-state index contributed by atoms with van der Waals surface area (Å²) < 4.78 is 27.0. The lowest BCUT2D eigenvalue weighted by atomic mass is 10.2. The Morgan fingerprint density at radius 2 is 1.84 bits per heavy atom. The Morgan fingerprint density at radius 1 is 1.20 bits per heavy atom. The van der Waals surface area contributed by atoms with Crippen LogP contribution in [0.1, 0.15) is 32.3 Å². The number of nitrogens with zero attached hydrogens (tertiary/aromatic N) is 1. The van der Waals surface area contributed by atoms with Crippen molar-refractivity contribution < 1.29 is 18.0 Å². The average molecular weight is 367 g/mol. The van der Waals surface area contributed by atoms with E-state index in [9.17, 15) is 18.0 Å². The zero-order chi connectivity index (χ0) is 18.6. The molecule has 0 bridgehead atoms. The first-order chi connectivity index (χ1) is 11.7. The monoisotopic (exact) mass is 367 g/mol. The molecule has 0 radical (unpaired) electrons. The second kappa shape index (κ2) is 7.97. The summed E-state index contributed by atoms with van der Waals surface area (Å²) >= 11 is 0. The molecule has 25 heavy (non-hydrogen) atoms. The number of hydrogen-bond donors (Lipinski definition) is 2. The highest BCUT2D eigenvalue weighted by Gasteiger charge is 2.35. The Hall–Kier alpha value is -1.93. The second-order valence-electron chi connectivity index (χ2n) is 6.56. The van der Waals surface area contributed by atoms with E-state index >= 15 is 0 Å². The standard InChI is InChI=1S/C17H25N3O4S/c1-12(2)19-17(22)16(21)18-11-14-5-4-10-20(14)25(23,24)15-8-6-13(3)7-9-15/h6-9,12,14H,4-5,10-11H2,1-3H3,(H,18,21)(H,19,22)/t14-/m1/s1. The minimum absolute atomic E-state index is 0.120. The largest absolute Gasteiger partial charge is 0.346 e. The normalized spacial score (nSPS) is 18.3. The van der Waals surface area contributed by atoms with Gasteiger partial charge in [-0.25, -0.2) is 8.42 Å². The first kappa shape index (κ1) is 19.4. The van der Waals surface area contributed by atoms with Gasteiger partial charge < -0.3 is 10.6 Å². The van der Waals surface area contributed by atoms with Crippen molar-refractivity contribution in [3.05, 3.63) is 29.8 Å². The van der Waals surface area contributed by atoms with Gasteiger partial charge in [-0.2, -0.15) is 4.31 Å². The topological polar surface area (TPSA) is 95.6 Å². The summed E-state index contributed by atoms with van der Waals surface area (Å²) in [5, 5.41) is 5.04. The Balaban J connectivity index is 2.03. The molecule has 7 nitrogen and oxygen atoms in total. The van der Waals surface area contributed by atoms with Crippen LogP contribution in [-0.4, -0.2) is 49.7 Å². The van der Waals surface area contributed by atoms with E-state index in [2.05, 4.69) is 10.6 Å². The number of aryl methyl sites for hydroxylation is 1. The summed E-state index contributed by atoms with van der Waals surface area (Å²) in [6, 6.07) is 6.22. The van der Waals surface area contributed by atoms with Crippen LogP contribution in [0.2, 0.25) is 0 Å². The fraction of sp³-hybridized carbons (Fsp3) is 0.529. The molecule has 2 amide bonds. The van der Waals surface area contributed by atoms with E-state index < -0.39 is 21.8 Å². The number of nitrogens with one attached hydrogen (secondary N) is 2. The third-order valence-electron chi connectivity index (χ3n) is 4.07. The zero-order valence-corrected chi connectivity index (χ0v) is 15.6. The second-order valence-corrected chi connectivity index (χ2v) is 8.45. The van der Waals surface area contributed by atoms with Crippen LogP contribution in [0.15, 0.2) is 29.2 Å². The van der Waals surface area contributed by atoms with Gasteiger partial charge in [0.05, 0.1) is 4.90 Å². The number of benzene rings is 1. The number of amides is 2.